The summed E-state index contributed by atoms with van der Waals surface area (Å²) >= 11 is 0. The topological polar surface area (TPSA) is 68.9 Å². The van der Waals surface area contributed by atoms with Crippen LogP contribution in [0.1, 0.15) is 0 Å². The summed E-state index contributed by atoms with van der Waals surface area (Å²) in [7, 11) is 0. The van der Waals surface area contributed by atoms with Gasteiger partial charge in [-0.1, -0.05) is 72.8 Å². The van der Waals surface area contributed by atoms with Gasteiger partial charge in [0.25, 0.3) is 0 Å². The first-order valence-corrected chi connectivity index (χ1v) is 16.4. The highest BCUT2D eigenvalue weighted by Crippen LogP contribution is 2.46. The van der Waals surface area contributed by atoms with Crippen LogP contribution in [0.3, 0.4) is 0 Å². The molecule has 0 aliphatic heterocycles. The molecule has 5 nitrogen and oxygen atoms in total. The lowest BCUT2D eigenvalue weighted by molar-refractivity contribution is 0.202. The van der Waals surface area contributed by atoms with E-state index in [0.29, 0.717) is 5.75 Å². The normalized spacial score (nSPS) is 11.9. The average molecular weight is 637 g/mol. The minimum atomic E-state index is -0.109. The molecule has 0 saturated carbocycles. The molecule has 0 aliphatic rings. The Morgan fingerprint density at radius 1 is 0.388 bits per heavy atom. The molecule has 0 amide bonds. The largest absolute Gasteiger partial charge is 0.490 e. The summed E-state index contributed by atoms with van der Waals surface area (Å²) < 4.78 is 25.0. The van der Waals surface area contributed by atoms with Crippen LogP contribution in [0.2, 0.25) is 0 Å². The SMILES string of the molecule is OCCOc1c(-c2ccc3oc4ccccc4c3c2)cc(-c2ccc3oc4ccccc4c3c2)cc1-c1ccc2oc3ccccc3c2c1. The maximum atomic E-state index is 9.96. The number of para-hydroxylation sites is 3. The van der Waals surface area contributed by atoms with Crippen molar-refractivity contribution < 1.29 is 23.1 Å². The van der Waals surface area contributed by atoms with E-state index in [1.54, 1.807) is 0 Å². The maximum absolute atomic E-state index is 9.96. The molecule has 49 heavy (non-hydrogen) atoms. The Kier molecular flexibility index (Phi) is 6.16. The second kappa shape index (κ2) is 10.9. The summed E-state index contributed by atoms with van der Waals surface area (Å²) in [6.45, 7) is 0.0434. The zero-order valence-corrected chi connectivity index (χ0v) is 26.3. The van der Waals surface area contributed by atoms with Gasteiger partial charge in [0.15, 0.2) is 0 Å². The first kappa shape index (κ1) is 27.8. The molecular formula is C44H28O5. The molecule has 7 aromatic carbocycles. The van der Waals surface area contributed by atoms with Crippen LogP contribution in [-0.4, -0.2) is 18.3 Å². The zero-order valence-electron chi connectivity index (χ0n) is 26.3. The average Bonchev–Trinajstić information content (AvgIpc) is 3.84. The Morgan fingerprint density at radius 2 is 0.776 bits per heavy atom. The number of rotatable bonds is 6. The lowest BCUT2D eigenvalue weighted by Gasteiger charge is -2.19. The Bertz CT molecular complexity index is 2750. The van der Waals surface area contributed by atoms with E-state index in [0.717, 1.165) is 99.2 Å². The quantitative estimate of drug-likeness (QED) is 0.197. The smallest absolute Gasteiger partial charge is 0.135 e. The minimum Gasteiger partial charge on any atom is -0.490 e. The van der Waals surface area contributed by atoms with Crippen molar-refractivity contribution in [2.45, 2.75) is 0 Å². The molecule has 0 radical (unpaired) electrons. The van der Waals surface area contributed by atoms with E-state index in [4.69, 9.17) is 18.0 Å². The highest BCUT2D eigenvalue weighted by molar-refractivity contribution is 6.09. The summed E-state index contributed by atoms with van der Waals surface area (Å²) in [5.41, 5.74) is 11.0. The van der Waals surface area contributed by atoms with Gasteiger partial charge in [-0.15, -0.1) is 0 Å². The predicted molar refractivity (Wildman–Crippen MR) is 197 cm³/mol. The Morgan fingerprint density at radius 3 is 1.22 bits per heavy atom. The van der Waals surface area contributed by atoms with Crippen LogP contribution in [0.25, 0.3) is 99.2 Å². The third-order valence-corrected chi connectivity index (χ3v) is 9.51. The second-order valence-electron chi connectivity index (χ2n) is 12.4. The second-order valence-corrected chi connectivity index (χ2v) is 12.4. The molecule has 0 spiro atoms. The molecule has 10 rings (SSSR count). The van der Waals surface area contributed by atoms with Crippen molar-refractivity contribution in [1.82, 2.24) is 0 Å². The number of hydrogen-bond donors (Lipinski definition) is 1. The van der Waals surface area contributed by atoms with Gasteiger partial charge in [0.1, 0.15) is 45.9 Å². The van der Waals surface area contributed by atoms with Crippen LogP contribution in [0.5, 0.6) is 5.75 Å². The molecule has 0 saturated heterocycles. The number of furan rings is 3. The molecule has 3 heterocycles. The number of aliphatic hydroxyl groups excluding tert-OH is 1. The number of hydrogen-bond acceptors (Lipinski definition) is 5. The van der Waals surface area contributed by atoms with Crippen molar-refractivity contribution in [2.24, 2.45) is 0 Å². The van der Waals surface area contributed by atoms with Crippen LogP contribution in [0, 0.1) is 0 Å². The molecule has 1 N–H and O–H groups in total. The van der Waals surface area contributed by atoms with Crippen molar-refractivity contribution in [3.05, 3.63) is 140 Å². The van der Waals surface area contributed by atoms with Crippen molar-refractivity contribution in [2.75, 3.05) is 13.2 Å². The molecule has 234 valence electrons. The third-order valence-electron chi connectivity index (χ3n) is 9.51. The first-order valence-electron chi connectivity index (χ1n) is 16.4. The molecule has 5 heteroatoms. The van der Waals surface area contributed by atoms with Crippen LogP contribution in [-0.2, 0) is 0 Å². The maximum Gasteiger partial charge on any atom is 0.135 e. The van der Waals surface area contributed by atoms with Crippen LogP contribution in [0.15, 0.2) is 153 Å². The molecule has 0 aliphatic carbocycles. The van der Waals surface area contributed by atoms with E-state index in [2.05, 4.69) is 66.7 Å². The Labute approximate surface area is 280 Å². The summed E-state index contributed by atoms with van der Waals surface area (Å²) in [6, 6.07) is 47.7. The molecule has 10 aromatic rings. The van der Waals surface area contributed by atoms with Crippen molar-refractivity contribution in [1.29, 1.82) is 0 Å². The van der Waals surface area contributed by atoms with Gasteiger partial charge in [0.2, 0.25) is 0 Å². The van der Waals surface area contributed by atoms with E-state index in [9.17, 15) is 5.11 Å². The van der Waals surface area contributed by atoms with Gasteiger partial charge in [0.05, 0.1) is 6.61 Å². The first-order chi connectivity index (χ1) is 24.2. The van der Waals surface area contributed by atoms with Gasteiger partial charge in [0, 0.05) is 43.4 Å². The number of benzene rings is 7. The molecule has 0 bridgehead atoms. The highest BCUT2D eigenvalue weighted by Gasteiger charge is 2.20. The minimum absolute atomic E-state index is 0.109. The molecule has 0 atom stereocenters. The van der Waals surface area contributed by atoms with E-state index >= 15 is 0 Å². The molecular weight excluding hydrogens is 608 g/mol. The lowest BCUT2D eigenvalue weighted by atomic mass is 9.90. The van der Waals surface area contributed by atoms with Crippen molar-refractivity contribution in [3.63, 3.8) is 0 Å². The van der Waals surface area contributed by atoms with Gasteiger partial charge < -0.3 is 23.1 Å². The number of aliphatic hydroxyl groups is 1. The van der Waals surface area contributed by atoms with Crippen molar-refractivity contribution in [3.8, 4) is 39.1 Å². The van der Waals surface area contributed by atoms with Gasteiger partial charge in [-0.25, -0.2) is 0 Å². The molecule has 0 unspecified atom stereocenters. The fourth-order valence-electron chi connectivity index (χ4n) is 7.22. The van der Waals surface area contributed by atoms with Gasteiger partial charge in [-0.05, 0) is 89.0 Å². The third kappa shape index (κ3) is 4.44. The monoisotopic (exact) mass is 636 g/mol. The lowest BCUT2D eigenvalue weighted by Crippen LogP contribution is -2.04. The highest BCUT2D eigenvalue weighted by atomic mass is 16.5. The number of ether oxygens (including phenoxy) is 1. The standard InChI is InChI=1S/C44H28O5/c45-19-20-46-44-33(27-14-17-42-36(22-27)31-8-2-5-11-39(31)48-42)24-29(26-13-16-41-35(21-26)30-7-1-4-10-38(30)47-41)25-34(44)28-15-18-43-37(23-28)32-9-3-6-12-40(32)49-43/h1-18,21-25,45H,19-20H2. The van der Waals surface area contributed by atoms with E-state index in [1.165, 1.54) is 0 Å². The molecule has 3 aromatic heterocycles. The van der Waals surface area contributed by atoms with Gasteiger partial charge in [-0.3, -0.25) is 0 Å². The van der Waals surface area contributed by atoms with E-state index in [1.807, 2.05) is 72.8 Å². The number of fused-ring (bicyclic) bond motifs is 9. The zero-order chi connectivity index (χ0) is 32.5. The van der Waals surface area contributed by atoms with E-state index < -0.39 is 0 Å². The molecule has 0 fully saturated rings. The van der Waals surface area contributed by atoms with Crippen molar-refractivity contribution >= 4 is 65.8 Å². The Balaban J connectivity index is 1.26. The van der Waals surface area contributed by atoms with Crippen LogP contribution in [0.4, 0.5) is 0 Å². The van der Waals surface area contributed by atoms with Crippen LogP contribution >= 0.6 is 0 Å². The summed E-state index contributed by atoms with van der Waals surface area (Å²) in [6.07, 6.45) is 0. The Hall–Kier alpha value is -6.30. The fraction of sp³-hybridized carbons (Fsp3) is 0.0455. The van der Waals surface area contributed by atoms with E-state index in [-0.39, 0.29) is 13.2 Å². The summed E-state index contributed by atoms with van der Waals surface area (Å²) in [4.78, 5) is 0. The summed E-state index contributed by atoms with van der Waals surface area (Å²) in [5, 5.41) is 16.3. The predicted octanol–water partition coefficient (Wildman–Crippen LogP) is 11.8. The summed E-state index contributed by atoms with van der Waals surface area (Å²) in [5.74, 6) is 0.701. The fourth-order valence-corrected chi connectivity index (χ4v) is 7.22. The van der Waals surface area contributed by atoms with Crippen LogP contribution < -0.4 is 4.74 Å². The van der Waals surface area contributed by atoms with Gasteiger partial charge >= 0.3 is 0 Å². The van der Waals surface area contributed by atoms with Gasteiger partial charge in [-0.2, -0.15) is 0 Å².